The largest absolute Gasteiger partial charge is 0.467 e. The lowest BCUT2D eigenvalue weighted by molar-refractivity contribution is 0.105. The third kappa shape index (κ3) is 9.45. The maximum Gasteiger partial charge on any atom is 0.190 e. The minimum absolute atomic E-state index is 0. The zero-order valence-electron chi connectivity index (χ0n) is 17.1. The Balaban J connectivity index is 0.00000392. The summed E-state index contributed by atoms with van der Waals surface area (Å²) in [5, 5.41) is 6.67. The van der Waals surface area contributed by atoms with E-state index >= 15 is 0 Å². The van der Waals surface area contributed by atoms with Crippen LogP contribution in [0.25, 0.3) is 0 Å². The van der Waals surface area contributed by atoms with Gasteiger partial charge in [-0.05, 0) is 49.1 Å². The van der Waals surface area contributed by atoms with Crippen LogP contribution in [-0.4, -0.2) is 46.8 Å². The highest BCUT2D eigenvalue weighted by atomic mass is 127. The second kappa shape index (κ2) is 14.3. The van der Waals surface area contributed by atoms with Crippen LogP contribution in [0.2, 0.25) is 0 Å². The van der Waals surface area contributed by atoms with Crippen molar-refractivity contribution in [1.82, 2.24) is 10.6 Å². The van der Waals surface area contributed by atoms with Crippen LogP contribution in [0.1, 0.15) is 24.2 Å². The molecule has 0 radical (unpaired) electrons. The lowest BCUT2D eigenvalue weighted by Crippen LogP contribution is -2.38. The van der Waals surface area contributed by atoms with Gasteiger partial charge in [-0.25, -0.2) is 0 Å². The van der Waals surface area contributed by atoms with Crippen LogP contribution in [0.3, 0.4) is 0 Å². The van der Waals surface area contributed by atoms with Crippen molar-refractivity contribution in [3.8, 4) is 0 Å². The molecule has 0 spiro atoms. The summed E-state index contributed by atoms with van der Waals surface area (Å²) in [6, 6.07) is 12.5. The molecule has 0 aliphatic heterocycles. The minimum atomic E-state index is 0. The van der Waals surface area contributed by atoms with Crippen LogP contribution in [-0.2, 0) is 17.8 Å². The summed E-state index contributed by atoms with van der Waals surface area (Å²) in [5.74, 6) is 1.70. The monoisotopic (exact) mass is 500 g/mol. The van der Waals surface area contributed by atoms with Gasteiger partial charge in [0.25, 0.3) is 0 Å². The fraction of sp³-hybridized carbons (Fsp3) is 0.476. The molecule has 2 N–H and O–H groups in total. The summed E-state index contributed by atoms with van der Waals surface area (Å²) in [5.41, 5.74) is 2.59. The number of anilines is 1. The van der Waals surface area contributed by atoms with Gasteiger partial charge in [-0.15, -0.1) is 24.0 Å². The molecule has 2 rings (SSSR count). The molecule has 0 aliphatic carbocycles. The summed E-state index contributed by atoms with van der Waals surface area (Å²) in [4.78, 5) is 6.37. The Hall–Kier alpha value is -1.74. The number of halogens is 1. The van der Waals surface area contributed by atoms with Crippen molar-refractivity contribution in [3.63, 3.8) is 0 Å². The van der Waals surface area contributed by atoms with E-state index in [4.69, 9.17) is 9.15 Å². The zero-order valence-corrected chi connectivity index (χ0v) is 19.4. The van der Waals surface area contributed by atoms with Crippen molar-refractivity contribution < 1.29 is 9.15 Å². The van der Waals surface area contributed by atoms with Gasteiger partial charge >= 0.3 is 0 Å². The first kappa shape index (κ1) is 24.3. The Morgan fingerprint density at radius 3 is 2.39 bits per heavy atom. The normalized spacial score (nSPS) is 11.0. The SMILES string of the molecule is CN=C(NCCCOCc1ccco1)NCCCc1ccc(N(C)C)cc1.I. The highest BCUT2D eigenvalue weighted by molar-refractivity contribution is 14.0. The van der Waals surface area contributed by atoms with Gasteiger partial charge in [0.05, 0.1) is 6.26 Å². The lowest BCUT2D eigenvalue weighted by Gasteiger charge is -2.13. The molecule has 2 aromatic rings. The number of hydrogen-bond donors (Lipinski definition) is 2. The molecular formula is C21H33IN4O2. The van der Waals surface area contributed by atoms with E-state index in [9.17, 15) is 0 Å². The van der Waals surface area contributed by atoms with Crippen molar-refractivity contribution in [2.75, 3.05) is 45.7 Å². The predicted molar refractivity (Wildman–Crippen MR) is 127 cm³/mol. The Kier molecular flexibility index (Phi) is 12.4. The number of ether oxygens (including phenoxy) is 1. The van der Waals surface area contributed by atoms with Crippen LogP contribution < -0.4 is 15.5 Å². The number of guanidine groups is 1. The first-order valence-corrected chi connectivity index (χ1v) is 9.50. The predicted octanol–water partition coefficient (Wildman–Crippen LogP) is 3.67. The van der Waals surface area contributed by atoms with Crippen LogP contribution in [0, 0.1) is 0 Å². The topological polar surface area (TPSA) is 62.0 Å². The molecule has 0 atom stereocenters. The van der Waals surface area contributed by atoms with E-state index in [0.717, 1.165) is 44.1 Å². The fourth-order valence-corrected chi connectivity index (χ4v) is 2.63. The number of nitrogens with zero attached hydrogens (tertiary/aromatic N) is 2. The number of nitrogens with one attached hydrogen (secondary N) is 2. The van der Waals surface area contributed by atoms with Crippen molar-refractivity contribution in [2.24, 2.45) is 4.99 Å². The molecule has 156 valence electrons. The number of aliphatic imine (C=N–C) groups is 1. The van der Waals surface area contributed by atoms with Gasteiger partial charge in [0.2, 0.25) is 0 Å². The van der Waals surface area contributed by atoms with Crippen molar-refractivity contribution in [1.29, 1.82) is 0 Å². The summed E-state index contributed by atoms with van der Waals surface area (Å²) in [6.07, 6.45) is 4.70. The molecule has 0 amide bonds. The molecule has 0 fully saturated rings. The van der Waals surface area contributed by atoms with Crippen molar-refractivity contribution in [2.45, 2.75) is 25.9 Å². The summed E-state index contributed by atoms with van der Waals surface area (Å²) in [7, 11) is 5.91. The summed E-state index contributed by atoms with van der Waals surface area (Å²) < 4.78 is 10.8. The average Bonchev–Trinajstić information content (AvgIpc) is 3.20. The van der Waals surface area contributed by atoms with E-state index in [1.807, 2.05) is 12.1 Å². The van der Waals surface area contributed by atoms with Gasteiger partial charge in [0.15, 0.2) is 5.96 Å². The second-order valence-electron chi connectivity index (χ2n) is 6.58. The Bertz CT molecular complexity index is 658. The molecule has 1 aromatic heterocycles. The Morgan fingerprint density at radius 1 is 1.07 bits per heavy atom. The molecule has 6 nitrogen and oxygen atoms in total. The van der Waals surface area contributed by atoms with Crippen LogP contribution in [0.15, 0.2) is 52.1 Å². The maximum absolute atomic E-state index is 5.57. The van der Waals surface area contributed by atoms with Crippen LogP contribution in [0.4, 0.5) is 5.69 Å². The smallest absolute Gasteiger partial charge is 0.190 e. The zero-order chi connectivity index (χ0) is 19.3. The average molecular weight is 500 g/mol. The lowest BCUT2D eigenvalue weighted by atomic mass is 10.1. The quantitative estimate of drug-likeness (QED) is 0.214. The number of rotatable bonds is 11. The standard InChI is InChI=1S/C21H32N4O2.HI/c1-22-21(24-14-6-15-26-17-20-8-5-16-27-20)23-13-4-7-18-9-11-19(12-10-18)25(2)3;/h5,8-12,16H,4,6-7,13-15,17H2,1-3H3,(H2,22,23,24);1H. The van der Waals surface area contributed by atoms with E-state index < -0.39 is 0 Å². The van der Waals surface area contributed by atoms with E-state index in [1.165, 1.54) is 11.3 Å². The molecule has 0 aliphatic rings. The molecule has 28 heavy (non-hydrogen) atoms. The molecular weight excluding hydrogens is 467 g/mol. The number of furan rings is 1. The molecule has 0 bridgehead atoms. The Labute approximate surface area is 185 Å². The van der Waals surface area contributed by atoms with Gasteiger partial charge in [0, 0.05) is 46.5 Å². The number of benzene rings is 1. The molecule has 0 saturated heterocycles. The van der Waals surface area contributed by atoms with Gasteiger partial charge in [-0.3, -0.25) is 4.99 Å². The van der Waals surface area contributed by atoms with Crippen molar-refractivity contribution in [3.05, 3.63) is 54.0 Å². The molecule has 0 unspecified atom stereocenters. The van der Waals surface area contributed by atoms with Gasteiger partial charge in [-0.2, -0.15) is 0 Å². The second-order valence-corrected chi connectivity index (χ2v) is 6.58. The highest BCUT2D eigenvalue weighted by Crippen LogP contribution is 2.13. The van der Waals surface area contributed by atoms with Crippen LogP contribution >= 0.6 is 24.0 Å². The first-order valence-electron chi connectivity index (χ1n) is 9.50. The first-order chi connectivity index (χ1) is 13.2. The third-order valence-electron chi connectivity index (χ3n) is 4.19. The van der Waals surface area contributed by atoms with E-state index in [2.05, 4.69) is 58.9 Å². The van der Waals surface area contributed by atoms with E-state index in [1.54, 1.807) is 13.3 Å². The molecule has 0 saturated carbocycles. The summed E-state index contributed by atoms with van der Waals surface area (Å²) in [6.45, 7) is 2.93. The van der Waals surface area contributed by atoms with Crippen LogP contribution in [0.5, 0.6) is 0 Å². The van der Waals surface area contributed by atoms with Gasteiger partial charge in [0.1, 0.15) is 12.4 Å². The maximum atomic E-state index is 5.57. The molecule has 7 heteroatoms. The van der Waals surface area contributed by atoms with E-state index in [0.29, 0.717) is 13.2 Å². The molecule has 1 aromatic carbocycles. The summed E-state index contributed by atoms with van der Waals surface area (Å²) >= 11 is 0. The van der Waals surface area contributed by atoms with Gasteiger partial charge in [-0.1, -0.05) is 12.1 Å². The Morgan fingerprint density at radius 2 is 1.79 bits per heavy atom. The number of hydrogen-bond acceptors (Lipinski definition) is 4. The third-order valence-corrected chi connectivity index (χ3v) is 4.19. The van der Waals surface area contributed by atoms with Gasteiger partial charge < -0.3 is 24.7 Å². The highest BCUT2D eigenvalue weighted by Gasteiger charge is 2.00. The number of aryl methyl sites for hydroxylation is 1. The minimum Gasteiger partial charge on any atom is -0.467 e. The van der Waals surface area contributed by atoms with Crippen molar-refractivity contribution >= 4 is 35.6 Å². The molecule has 1 heterocycles. The fourth-order valence-electron chi connectivity index (χ4n) is 2.63. The van der Waals surface area contributed by atoms with E-state index in [-0.39, 0.29) is 24.0 Å².